The monoisotopic (exact) mass is 248 g/mol. The first-order valence-corrected chi connectivity index (χ1v) is 6.33. The molecule has 0 aromatic carbocycles. The third-order valence-electron chi connectivity index (χ3n) is 3.38. The molecule has 1 aliphatic rings. The van der Waals surface area contributed by atoms with Crippen molar-refractivity contribution in [3.05, 3.63) is 24.0 Å². The lowest BCUT2D eigenvalue weighted by Gasteiger charge is -2.22. The van der Waals surface area contributed by atoms with Gasteiger partial charge in [-0.05, 0) is 31.5 Å². The summed E-state index contributed by atoms with van der Waals surface area (Å²) in [6, 6.07) is 3.96. The van der Waals surface area contributed by atoms with Gasteiger partial charge in [0.15, 0.2) is 0 Å². The van der Waals surface area contributed by atoms with E-state index in [9.17, 15) is 4.79 Å². The Bertz CT molecular complexity index is 421. The predicted octanol–water partition coefficient (Wildman–Crippen LogP) is 0.834. The number of nitrogens with one attached hydrogen (secondary N) is 2. The first-order chi connectivity index (χ1) is 8.74. The van der Waals surface area contributed by atoms with Crippen LogP contribution in [0.4, 0.5) is 5.69 Å². The van der Waals surface area contributed by atoms with E-state index in [2.05, 4.69) is 20.5 Å². The van der Waals surface area contributed by atoms with Gasteiger partial charge in [0, 0.05) is 32.5 Å². The van der Waals surface area contributed by atoms with Gasteiger partial charge in [-0.3, -0.25) is 14.7 Å². The molecule has 1 amide bonds. The molecule has 0 radical (unpaired) electrons. The van der Waals surface area contributed by atoms with Crippen LogP contribution in [0.5, 0.6) is 0 Å². The van der Waals surface area contributed by atoms with Crippen LogP contribution >= 0.6 is 0 Å². The topological polar surface area (TPSA) is 57.3 Å². The lowest BCUT2D eigenvalue weighted by Crippen LogP contribution is -2.41. The van der Waals surface area contributed by atoms with Crippen LogP contribution < -0.4 is 10.6 Å². The van der Waals surface area contributed by atoms with E-state index in [1.54, 1.807) is 13.2 Å². The van der Waals surface area contributed by atoms with E-state index >= 15 is 0 Å². The molecular formula is C13H20N4O. The van der Waals surface area contributed by atoms with E-state index in [1.165, 1.54) is 0 Å². The SMILES string of the molecule is CNC(=O)C1CCCN1Cc1cc(NC)ccn1. The number of rotatable bonds is 4. The molecule has 0 bridgehead atoms. The standard InChI is InChI=1S/C13H20N4O/c1-14-10-5-6-16-11(8-10)9-17-7-3-4-12(17)13(18)15-2/h5-6,8,12H,3-4,7,9H2,1-2H3,(H,14,16)(H,15,18). The number of carbonyl (C=O) groups is 1. The summed E-state index contributed by atoms with van der Waals surface area (Å²) in [5.74, 6) is 0.109. The second-order valence-corrected chi connectivity index (χ2v) is 4.53. The molecule has 18 heavy (non-hydrogen) atoms. The van der Waals surface area contributed by atoms with Gasteiger partial charge in [-0.1, -0.05) is 0 Å². The maximum atomic E-state index is 11.8. The van der Waals surface area contributed by atoms with E-state index in [0.717, 1.165) is 37.3 Å². The molecular weight excluding hydrogens is 228 g/mol. The Morgan fingerprint density at radius 1 is 1.56 bits per heavy atom. The van der Waals surface area contributed by atoms with E-state index in [0.29, 0.717) is 0 Å². The largest absolute Gasteiger partial charge is 0.388 e. The minimum absolute atomic E-state index is 0.00459. The molecule has 0 aliphatic carbocycles. The number of aromatic nitrogens is 1. The van der Waals surface area contributed by atoms with Crippen molar-refractivity contribution in [1.82, 2.24) is 15.2 Å². The summed E-state index contributed by atoms with van der Waals surface area (Å²) in [6.45, 7) is 1.69. The second-order valence-electron chi connectivity index (χ2n) is 4.53. The summed E-state index contributed by atoms with van der Waals surface area (Å²) in [4.78, 5) is 18.3. The summed E-state index contributed by atoms with van der Waals surface area (Å²) >= 11 is 0. The summed E-state index contributed by atoms with van der Waals surface area (Å²) in [5, 5.41) is 5.83. The highest BCUT2D eigenvalue weighted by molar-refractivity contribution is 5.81. The van der Waals surface area contributed by atoms with Crippen molar-refractivity contribution in [3.63, 3.8) is 0 Å². The maximum absolute atomic E-state index is 11.8. The molecule has 1 atom stereocenters. The zero-order valence-corrected chi connectivity index (χ0v) is 10.9. The number of carbonyl (C=O) groups excluding carboxylic acids is 1. The Kier molecular flexibility index (Phi) is 4.15. The average Bonchev–Trinajstić information content (AvgIpc) is 2.86. The van der Waals surface area contributed by atoms with Gasteiger partial charge >= 0.3 is 0 Å². The van der Waals surface area contributed by atoms with Gasteiger partial charge in [0.05, 0.1) is 11.7 Å². The molecule has 1 aliphatic heterocycles. The fraction of sp³-hybridized carbons (Fsp3) is 0.538. The molecule has 1 aromatic rings. The van der Waals surface area contributed by atoms with Crippen molar-refractivity contribution in [3.8, 4) is 0 Å². The number of likely N-dealkylation sites (tertiary alicyclic amines) is 1. The highest BCUT2D eigenvalue weighted by Crippen LogP contribution is 2.20. The number of nitrogens with zero attached hydrogens (tertiary/aromatic N) is 2. The molecule has 1 unspecified atom stereocenters. The molecule has 1 saturated heterocycles. The number of amides is 1. The van der Waals surface area contributed by atoms with Crippen molar-refractivity contribution in [1.29, 1.82) is 0 Å². The third kappa shape index (κ3) is 2.79. The first kappa shape index (κ1) is 12.8. The van der Waals surface area contributed by atoms with Gasteiger partial charge in [0.1, 0.15) is 0 Å². The van der Waals surface area contributed by atoms with Gasteiger partial charge in [0.2, 0.25) is 5.91 Å². The van der Waals surface area contributed by atoms with E-state index in [-0.39, 0.29) is 11.9 Å². The molecule has 98 valence electrons. The van der Waals surface area contributed by atoms with Crippen LogP contribution in [0.3, 0.4) is 0 Å². The Morgan fingerprint density at radius 2 is 2.39 bits per heavy atom. The van der Waals surface area contributed by atoms with Crippen LogP contribution in [0.25, 0.3) is 0 Å². The molecule has 5 nitrogen and oxygen atoms in total. The van der Waals surface area contributed by atoms with Gasteiger partial charge in [-0.2, -0.15) is 0 Å². The highest BCUT2D eigenvalue weighted by Gasteiger charge is 2.29. The maximum Gasteiger partial charge on any atom is 0.237 e. The normalized spacial score (nSPS) is 19.8. The van der Waals surface area contributed by atoms with Crippen molar-refractivity contribution < 1.29 is 4.79 Å². The second kappa shape index (κ2) is 5.82. The zero-order chi connectivity index (χ0) is 13.0. The Balaban J connectivity index is 2.05. The molecule has 0 spiro atoms. The fourth-order valence-corrected chi connectivity index (χ4v) is 2.41. The molecule has 1 aromatic heterocycles. The lowest BCUT2D eigenvalue weighted by atomic mass is 10.2. The quantitative estimate of drug-likeness (QED) is 0.829. The van der Waals surface area contributed by atoms with Crippen LogP contribution in [0.15, 0.2) is 18.3 Å². The number of hydrogen-bond donors (Lipinski definition) is 2. The lowest BCUT2D eigenvalue weighted by molar-refractivity contribution is -0.125. The van der Waals surface area contributed by atoms with Crippen LogP contribution in [0.2, 0.25) is 0 Å². The van der Waals surface area contributed by atoms with E-state index < -0.39 is 0 Å². The average molecular weight is 248 g/mol. The highest BCUT2D eigenvalue weighted by atomic mass is 16.2. The smallest absolute Gasteiger partial charge is 0.237 e. The Morgan fingerprint density at radius 3 is 3.11 bits per heavy atom. The Labute approximate surface area is 108 Å². The number of hydrogen-bond acceptors (Lipinski definition) is 4. The predicted molar refractivity (Wildman–Crippen MR) is 71.3 cm³/mol. The fourth-order valence-electron chi connectivity index (χ4n) is 2.41. The minimum atomic E-state index is -0.00459. The van der Waals surface area contributed by atoms with Crippen molar-refractivity contribution in [2.24, 2.45) is 0 Å². The summed E-state index contributed by atoms with van der Waals surface area (Å²) < 4.78 is 0. The van der Waals surface area contributed by atoms with E-state index in [1.807, 2.05) is 19.2 Å². The molecule has 0 saturated carbocycles. The zero-order valence-electron chi connectivity index (χ0n) is 10.9. The van der Waals surface area contributed by atoms with Crippen LogP contribution in [0, 0.1) is 0 Å². The summed E-state index contributed by atoms with van der Waals surface area (Å²) in [6.07, 6.45) is 3.81. The van der Waals surface area contributed by atoms with Gasteiger partial charge < -0.3 is 10.6 Å². The van der Waals surface area contributed by atoms with Crippen LogP contribution in [-0.2, 0) is 11.3 Å². The first-order valence-electron chi connectivity index (χ1n) is 6.33. The Hall–Kier alpha value is -1.62. The number of anilines is 1. The number of pyridine rings is 1. The van der Waals surface area contributed by atoms with Gasteiger partial charge in [-0.25, -0.2) is 0 Å². The van der Waals surface area contributed by atoms with Crippen LogP contribution in [-0.4, -0.2) is 42.5 Å². The van der Waals surface area contributed by atoms with Crippen molar-refractivity contribution >= 4 is 11.6 Å². The summed E-state index contributed by atoms with van der Waals surface area (Å²) in [5.41, 5.74) is 2.05. The number of likely N-dealkylation sites (N-methyl/N-ethyl adjacent to an activating group) is 1. The van der Waals surface area contributed by atoms with E-state index in [4.69, 9.17) is 0 Å². The molecule has 1 fully saturated rings. The van der Waals surface area contributed by atoms with Crippen molar-refractivity contribution in [2.45, 2.75) is 25.4 Å². The van der Waals surface area contributed by atoms with Crippen LogP contribution in [0.1, 0.15) is 18.5 Å². The molecule has 2 rings (SSSR count). The van der Waals surface area contributed by atoms with Crippen molar-refractivity contribution in [2.75, 3.05) is 26.0 Å². The van der Waals surface area contributed by atoms with Gasteiger partial charge in [-0.15, -0.1) is 0 Å². The molecule has 5 heteroatoms. The minimum Gasteiger partial charge on any atom is -0.388 e. The third-order valence-corrected chi connectivity index (χ3v) is 3.38. The van der Waals surface area contributed by atoms with Gasteiger partial charge in [0.25, 0.3) is 0 Å². The summed E-state index contributed by atoms with van der Waals surface area (Å²) in [7, 11) is 3.58. The molecule has 2 N–H and O–H groups in total. The molecule has 2 heterocycles.